The standard InChI is InChI=1S/C15H7ClF3N3/c1-7-2-3-8(4-11(7)16)22-15-10(6-21)12(17)9(5-20)13(18)14(15)19/h2-4,22H,1H3. The molecule has 1 N–H and O–H groups in total. The van der Waals surface area contributed by atoms with Crippen molar-refractivity contribution in [2.24, 2.45) is 0 Å². The van der Waals surface area contributed by atoms with E-state index in [1.54, 1.807) is 13.0 Å². The molecule has 22 heavy (non-hydrogen) atoms. The molecule has 0 unspecified atom stereocenters. The van der Waals surface area contributed by atoms with Crippen LogP contribution >= 0.6 is 11.6 Å². The molecule has 110 valence electrons. The van der Waals surface area contributed by atoms with Gasteiger partial charge < -0.3 is 5.32 Å². The van der Waals surface area contributed by atoms with E-state index < -0.39 is 34.3 Å². The van der Waals surface area contributed by atoms with E-state index in [0.29, 0.717) is 5.02 Å². The van der Waals surface area contributed by atoms with Gasteiger partial charge in [0.1, 0.15) is 23.3 Å². The number of nitriles is 2. The first kappa shape index (κ1) is 15.7. The van der Waals surface area contributed by atoms with E-state index in [1.807, 2.05) is 0 Å². The normalized spacial score (nSPS) is 9.95. The smallest absolute Gasteiger partial charge is 0.185 e. The van der Waals surface area contributed by atoms with Crippen molar-refractivity contribution in [1.82, 2.24) is 0 Å². The number of nitrogens with one attached hydrogen (secondary N) is 1. The fourth-order valence-corrected chi connectivity index (χ4v) is 1.98. The first-order chi connectivity index (χ1) is 10.4. The van der Waals surface area contributed by atoms with Crippen LogP contribution in [0.25, 0.3) is 0 Å². The van der Waals surface area contributed by atoms with Crippen LogP contribution in [0, 0.1) is 47.0 Å². The van der Waals surface area contributed by atoms with Gasteiger partial charge in [-0.1, -0.05) is 17.7 Å². The Labute approximate surface area is 129 Å². The van der Waals surface area contributed by atoms with Gasteiger partial charge in [-0.3, -0.25) is 0 Å². The number of hydrogen-bond donors (Lipinski definition) is 1. The molecule has 0 aliphatic heterocycles. The van der Waals surface area contributed by atoms with Gasteiger partial charge in [0.25, 0.3) is 0 Å². The lowest BCUT2D eigenvalue weighted by Gasteiger charge is -2.12. The van der Waals surface area contributed by atoms with Crippen molar-refractivity contribution in [3.8, 4) is 12.1 Å². The maximum atomic E-state index is 14.0. The van der Waals surface area contributed by atoms with E-state index in [1.165, 1.54) is 24.3 Å². The van der Waals surface area contributed by atoms with Crippen molar-refractivity contribution in [3.63, 3.8) is 0 Å². The van der Waals surface area contributed by atoms with E-state index in [4.69, 9.17) is 22.1 Å². The summed E-state index contributed by atoms with van der Waals surface area (Å²) in [7, 11) is 0. The highest BCUT2D eigenvalue weighted by Crippen LogP contribution is 2.32. The fourth-order valence-electron chi connectivity index (χ4n) is 1.80. The molecular weight excluding hydrogens is 315 g/mol. The van der Waals surface area contributed by atoms with Crippen LogP contribution in [0.3, 0.4) is 0 Å². The molecule has 0 fully saturated rings. The van der Waals surface area contributed by atoms with Gasteiger partial charge in [0.05, 0.1) is 5.69 Å². The van der Waals surface area contributed by atoms with Gasteiger partial charge in [-0.15, -0.1) is 0 Å². The first-order valence-corrected chi connectivity index (χ1v) is 6.32. The van der Waals surface area contributed by atoms with Gasteiger partial charge in [-0.25, -0.2) is 13.2 Å². The highest BCUT2D eigenvalue weighted by atomic mass is 35.5. The number of benzene rings is 2. The van der Waals surface area contributed by atoms with E-state index in [-0.39, 0.29) is 5.69 Å². The summed E-state index contributed by atoms with van der Waals surface area (Å²) in [6.07, 6.45) is 0. The third-order valence-corrected chi connectivity index (χ3v) is 3.39. The van der Waals surface area contributed by atoms with E-state index in [2.05, 4.69) is 5.32 Å². The molecule has 2 rings (SSSR count). The first-order valence-electron chi connectivity index (χ1n) is 5.94. The third-order valence-electron chi connectivity index (χ3n) is 2.99. The van der Waals surface area contributed by atoms with Crippen LogP contribution in [0.2, 0.25) is 5.02 Å². The molecule has 0 aliphatic carbocycles. The van der Waals surface area contributed by atoms with E-state index >= 15 is 0 Å². The summed E-state index contributed by atoms with van der Waals surface area (Å²) < 4.78 is 41.6. The van der Waals surface area contributed by atoms with Crippen molar-refractivity contribution in [1.29, 1.82) is 10.5 Å². The summed E-state index contributed by atoms with van der Waals surface area (Å²) in [4.78, 5) is 0. The second-order valence-electron chi connectivity index (χ2n) is 4.38. The molecule has 0 heterocycles. The van der Waals surface area contributed by atoms with Crippen molar-refractivity contribution in [2.75, 3.05) is 5.32 Å². The Morgan fingerprint density at radius 1 is 1.00 bits per heavy atom. The number of anilines is 2. The zero-order valence-electron chi connectivity index (χ0n) is 11.1. The minimum Gasteiger partial charge on any atom is -0.352 e. The average Bonchev–Trinajstić information content (AvgIpc) is 2.49. The van der Waals surface area contributed by atoms with Crippen LogP contribution in [0.15, 0.2) is 18.2 Å². The Bertz CT molecular complexity index is 851. The predicted octanol–water partition coefficient (Wildman–Crippen LogP) is 4.55. The molecule has 2 aromatic carbocycles. The lowest BCUT2D eigenvalue weighted by atomic mass is 10.1. The van der Waals surface area contributed by atoms with E-state index in [9.17, 15) is 13.2 Å². The van der Waals surface area contributed by atoms with Gasteiger partial charge in [0.2, 0.25) is 0 Å². The Kier molecular flexibility index (Phi) is 4.25. The summed E-state index contributed by atoms with van der Waals surface area (Å²) in [5, 5.41) is 20.4. The second kappa shape index (κ2) is 5.97. The number of aryl methyl sites for hydroxylation is 1. The molecule has 0 radical (unpaired) electrons. The lowest BCUT2D eigenvalue weighted by Crippen LogP contribution is -2.06. The molecule has 0 spiro atoms. The molecule has 0 aromatic heterocycles. The zero-order chi connectivity index (χ0) is 16.4. The van der Waals surface area contributed by atoms with Crippen molar-refractivity contribution in [2.45, 2.75) is 6.92 Å². The topological polar surface area (TPSA) is 59.6 Å². The average molecular weight is 322 g/mol. The molecule has 3 nitrogen and oxygen atoms in total. The Hall–Kier alpha value is -2.70. The van der Waals surface area contributed by atoms with E-state index in [0.717, 1.165) is 5.56 Å². The Morgan fingerprint density at radius 3 is 2.18 bits per heavy atom. The minimum atomic E-state index is -1.65. The van der Waals surface area contributed by atoms with Gasteiger partial charge in [-0.2, -0.15) is 10.5 Å². The van der Waals surface area contributed by atoms with Gasteiger partial charge >= 0.3 is 0 Å². The Balaban J connectivity index is 2.63. The van der Waals surface area contributed by atoms with Gasteiger partial charge in [-0.05, 0) is 24.6 Å². The van der Waals surface area contributed by atoms with Crippen LogP contribution in [-0.2, 0) is 0 Å². The second-order valence-corrected chi connectivity index (χ2v) is 4.79. The molecule has 2 aromatic rings. The van der Waals surface area contributed by atoms with Crippen molar-refractivity contribution in [3.05, 3.63) is 57.4 Å². The quantitative estimate of drug-likeness (QED) is 0.825. The number of nitrogens with zero attached hydrogens (tertiary/aromatic N) is 2. The maximum Gasteiger partial charge on any atom is 0.185 e. The zero-order valence-corrected chi connectivity index (χ0v) is 11.9. The third kappa shape index (κ3) is 2.57. The highest BCUT2D eigenvalue weighted by Gasteiger charge is 2.25. The van der Waals surface area contributed by atoms with Crippen LogP contribution in [0.4, 0.5) is 24.5 Å². The summed E-state index contributed by atoms with van der Waals surface area (Å²) in [5.74, 6) is -4.57. The predicted molar refractivity (Wildman–Crippen MR) is 75.2 cm³/mol. The molecule has 0 aliphatic rings. The summed E-state index contributed by atoms with van der Waals surface area (Å²) >= 11 is 5.91. The van der Waals surface area contributed by atoms with Gasteiger partial charge in [0.15, 0.2) is 17.5 Å². The van der Waals surface area contributed by atoms with Crippen LogP contribution < -0.4 is 5.32 Å². The van der Waals surface area contributed by atoms with Gasteiger partial charge in [0, 0.05) is 10.7 Å². The molecule has 0 saturated carbocycles. The largest absolute Gasteiger partial charge is 0.352 e. The molecule has 0 amide bonds. The highest BCUT2D eigenvalue weighted by molar-refractivity contribution is 6.31. The fraction of sp³-hybridized carbons (Fsp3) is 0.0667. The molecular formula is C15H7ClF3N3. The molecule has 0 bridgehead atoms. The number of rotatable bonds is 2. The summed E-state index contributed by atoms with van der Waals surface area (Å²) in [5.41, 5.74) is -1.61. The monoisotopic (exact) mass is 321 g/mol. The Morgan fingerprint density at radius 2 is 1.64 bits per heavy atom. The minimum absolute atomic E-state index is 0.245. The number of hydrogen-bond acceptors (Lipinski definition) is 3. The van der Waals surface area contributed by atoms with Crippen LogP contribution in [0.1, 0.15) is 16.7 Å². The van der Waals surface area contributed by atoms with Crippen molar-refractivity contribution >= 4 is 23.0 Å². The van der Waals surface area contributed by atoms with Crippen LogP contribution in [0.5, 0.6) is 0 Å². The van der Waals surface area contributed by atoms with Crippen molar-refractivity contribution < 1.29 is 13.2 Å². The lowest BCUT2D eigenvalue weighted by molar-refractivity contribution is 0.493. The molecule has 7 heteroatoms. The summed E-state index contributed by atoms with van der Waals surface area (Å²) in [6, 6.07) is 7.17. The summed E-state index contributed by atoms with van der Waals surface area (Å²) in [6.45, 7) is 1.74. The molecule has 0 atom stereocenters. The van der Waals surface area contributed by atoms with Crippen LogP contribution in [-0.4, -0.2) is 0 Å². The molecule has 0 saturated heterocycles. The maximum absolute atomic E-state index is 14.0. The number of halogens is 4. The SMILES string of the molecule is Cc1ccc(Nc2c(F)c(F)c(C#N)c(F)c2C#N)cc1Cl.